The average Bonchev–Trinajstić information content (AvgIpc) is 2.67. The summed E-state index contributed by atoms with van der Waals surface area (Å²) in [5.41, 5.74) is 0.580. The van der Waals surface area contributed by atoms with Gasteiger partial charge in [-0.15, -0.1) is 0 Å². The second-order valence-electron chi connectivity index (χ2n) is 6.57. The summed E-state index contributed by atoms with van der Waals surface area (Å²) < 4.78 is 11.2. The molecule has 2 rings (SSSR count). The molecule has 1 aliphatic rings. The quantitative estimate of drug-likeness (QED) is 0.667. The van der Waals surface area contributed by atoms with Crippen molar-refractivity contribution in [2.45, 2.75) is 39.5 Å². The van der Waals surface area contributed by atoms with Gasteiger partial charge in [0.2, 0.25) is 5.91 Å². The zero-order chi connectivity index (χ0) is 18.9. The van der Waals surface area contributed by atoms with Gasteiger partial charge in [0, 0.05) is 38.7 Å². The van der Waals surface area contributed by atoms with E-state index in [2.05, 4.69) is 6.92 Å². The van der Waals surface area contributed by atoms with E-state index in [1.807, 2.05) is 0 Å². The number of carbonyl (C=O) groups is 2. The van der Waals surface area contributed by atoms with Crippen LogP contribution in [0.3, 0.4) is 0 Å². The third-order valence-corrected chi connectivity index (χ3v) is 4.68. The lowest BCUT2D eigenvalue weighted by molar-refractivity contribution is -0.130. The standard InChI is InChI=1S/C20H30N2O4/c1-4-5-6-7-14-26-18-9-8-17(15-19(18)25-3)20(24)22-12-10-21(11-13-22)16(2)23/h8-9,15H,4-7,10-14H2,1-3H3. The van der Waals surface area contributed by atoms with Crippen molar-refractivity contribution < 1.29 is 19.1 Å². The summed E-state index contributed by atoms with van der Waals surface area (Å²) in [7, 11) is 1.58. The number of rotatable bonds is 8. The van der Waals surface area contributed by atoms with E-state index in [9.17, 15) is 9.59 Å². The van der Waals surface area contributed by atoms with Gasteiger partial charge in [-0.2, -0.15) is 0 Å². The highest BCUT2D eigenvalue weighted by Gasteiger charge is 2.24. The predicted molar refractivity (Wildman–Crippen MR) is 101 cm³/mol. The van der Waals surface area contributed by atoms with E-state index in [1.54, 1.807) is 42.0 Å². The van der Waals surface area contributed by atoms with Crippen LogP contribution in [0.4, 0.5) is 0 Å². The summed E-state index contributed by atoms with van der Waals surface area (Å²) in [5, 5.41) is 0. The van der Waals surface area contributed by atoms with Crippen LogP contribution >= 0.6 is 0 Å². The number of hydrogen-bond acceptors (Lipinski definition) is 4. The Morgan fingerprint density at radius 1 is 1.00 bits per heavy atom. The fourth-order valence-corrected chi connectivity index (χ4v) is 3.04. The predicted octanol–water partition coefficient (Wildman–Crippen LogP) is 2.96. The summed E-state index contributed by atoms with van der Waals surface area (Å²) in [6.45, 7) is 6.65. The van der Waals surface area contributed by atoms with Crippen molar-refractivity contribution in [1.29, 1.82) is 0 Å². The maximum Gasteiger partial charge on any atom is 0.254 e. The van der Waals surface area contributed by atoms with E-state index in [4.69, 9.17) is 9.47 Å². The summed E-state index contributed by atoms with van der Waals surface area (Å²) in [5.74, 6) is 1.26. The van der Waals surface area contributed by atoms with Crippen LogP contribution in [0, 0.1) is 0 Å². The lowest BCUT2D eigenvalue weighted by atomic mass is 10.1. The fraction of sp³-hybridized carbons (Fsp3) is 0.600. The Morgan fingerprint density at radius 3 is 2.31 bits per heavy atom. The Labute approximate surface area is 156 Å². The van der Waals surface area contributed by atoms with Crippen LogP contribution in [0.25, 0.3) is 0 Å². The monoisotopic (exact) mass is 362 g/mol. The Morgan fingerprint density at radius 2 is 1.69 bits per heavy atom. The van der Waals surface area contributed by atoms with E-state index in [-0.39, 0.29) is 11.8 Å². The Balaban J connectivity index is 1.95. The van der Waals surface area contributed by atoms with Crippen LogP contribution in [0.2, 0.25) is 0 Å². The van der Waals surface area contributed by atoms with Crippen LogP contribution in [0.5, 0.6) is 11.5 Å². The van der Waals surface area contributed by atoms with E-state index in [0.29, 0.717) is 49.8 Å². The van der Waals surface area contributed by atoms with Crippen molar-refractivity contribution in [3.8, 4) is 11.5 Å². The van der Waals surface area contributed by atoms with Gasteiger partial charge in [-0.3, -0.25) is 9.59 Å². The number of amides is 2. The number of benzene rings is 1. The summed E-state index contributed by atoms with van der Waals surface area (Å²) >= 11 is 0. The maximum absolute atomic E-state index is 12.7. The van der Waals surface area contributed by atoms with Gasteiger partial charge in [0.25, 0.3) is 5.91 Å². The third-order valence-electron chi connectivity index (χ3n) is 4.68. The third kappa shape index (κ3) is 5.38. The second-order valence-corrected chi connectivity index (χ2v) is 6.57. The highest BCUT2D eigenvalue weighted by atomic mass is 16.5. The van der Waals surface area contributed by atoms with Crippen LogP contribution < -0.4 is 9.47 Å². The van der Waals surface area contributed by atoms with Gasteiger partial charge in [-0.25, -0.2) is 0 Å². The molecule has 0 aliphatic carbocycles. The van der Waals surface area contributed by atoms with Crippen LogP contribution in [0.1, 0.15) is 49.9 Å². The summed E-state index contributed by atoms with van der Waals surface area (Å²) in [6.07, 6.45) is 4.57. The molecule has 6 nitrogen and oxygen atoms in total. The minimum atomic E-state index is -0.0407. The number of ether oxygens (including phenoxy) is 2. The first kappa shape index (κ1) is 20.1. The Kier molecular flexibility index (Phi) is 7.75. The molecule has 6 heteroatoms. The molecule has 26 heavy (non-hydrogen) atoms. The number of piperazine rings is 1. The van der Waals surface area contributed by atoms with E-state index in [0.717, 1.165) is 12.8 Å². The topological polar surface area (TPSA) is 59.1 Å². The molecule has 0 atom stereocenters. The molecule has 1 heterocycles. The Bertz CT molecular complexity index is 610. The lowest BCUT2D eigenvalue weighted by Crippen LogP contribution is -2.50. The molecular formula is C20H30N2O4. The zero-order valence-corrected chi connectivity index (χ0v) is 16.1. The smallest absolute Gasteiger partial charge is 0.254 e. The van der Waals surface area contributed by atoms with Crippen LogP contribution in [-0.2, 0) is 4.79 Å². The van der Waals surface area contributed by atoms with Crippen LogP contribution in [0.15, 0.2) is 18.2 Å². The van der Waals surface area contributed by atoms with Crippen molar-refractivity contribution in [2.24, 2.45) is 0 Å². The number of methoxy groups -OCH3 is 1. The maximum atomic E-state index is 12.7. The first-order valence-corrected chi connectivity index (χ1v) is 9.42. The van der Waals surface area contributed by atoms with Crippen molar-refractivity contribution in [3.05, 3.63) is 23.8 Å². The van der Waals surface area contributed by atoms with Crippen molar-refractivity contribution in [1.82, 2.24) is 9.80 Å². The number of carbonyl (C=O) groups excluding carboxylic acids is 2. The zero-order valence-electron chi connectivity index (χ0n) is 16.1. The van der Waals surface area contributed by atoms with Crippen molar-refractivity contribution in [3.63, 3.8) is 0 Å². The second kappa shape index (κ2) is 10.0. The average molecular weight is 362 g/mol. The summed E-state index contributed by atoms with van der Waals surface area (Å²) in [4.78, 5) is 27.7. The van der Waals surface area contributed by atoms with Gasteiger partial charge in [-0.05, 0) is 24.6 Å². The van der Waals surface area contributed by atoms with Crippen molar-refractivity contribution >= 4 is 11.8 Å². The molecule has 1 saturated heterocycles. The van der Waals surface area contributed by atoms with Gasteiger partial charge < -0.3 is 19.3 Å². The first-order valence-electron chi connectivity index (χ1n) is 9.42. The van der Waals surface area contributed by atoms with E-state index in [1.165, 1.54) is 12.8 Å². The molecule has 0 spiro atoms. The molecule has 144 valence electrons. The van der Waals surface area contributed by atoms with E-state index < -0.39 is 0 Å². The highest BCUT2D eigenvalue weighted by molar-refractivity contribution is 5.95. The fourth-order valence-electron chi connectivity index (χ4n) is 3.04. The molecule has 0 aromatic heterocycles. The van der Waals surface area contributed by atoms with Crippen molar-refractivity contribution in [2.75, 3.05) is 39.9 Å². The molecule has 0 unspecified atom stereocenters. The minimum absolute atomic E-state index is 0.0407. The molecule has 2 amide bonds. The van der Waals surface area contributed by atoms with Gasteiger partial charge in [0.1, 0.15) is 0 Å². The molecule has 1 fully saturated rings. The first-order chi connectivity index (χ1) is 12.6. The largest absolute Gasteiger partial charge is 0.493 e. The van der Waals surface area contributed by atoms with Gasteiger partial charge >= 0.3 is 0 Å². The molecule has 0 saturated carbocycles. The molecule has 0 radical (unpaired) electrons. The normalized spacial score (nSPS) is 14.3. The van der Waals surface area contributed by atoms with Crippen LogP contribution in [-0.4, -0.2) is 61.5 Å². The lowest BCUT2D eigenvalue weighted by Gasteiger charge is -2.34. The molecular weight excluding hydrogens is 332 g/mol. The molecule has 0 bridgehead atoms. The van der Waals surface area contributed by atoms with Gasteiger partial charge in [0.15, 0.2) is 11.5 Å². The number of nitrogens with zero attached hydrogens (tertiary/aromatic N) is 2. The molecule has 1 aliphatic heterocycles. The highest BCUT2D eigenvalue weighted by Crippen LogP contribution is 2.29. The SMILES string of the molecule is CCCCCCOc1ccc(C(=O)N2CCN(C(C)=O)CC2)cc1OC. The molecule has 1 aromatic rings. The van der Waals surface area contributed by atoms with E-state index >= 15 is 0 Å². The van der Waals surface area contributed by atoms with Gasteiger partial charge in [0.05, 0.1) is 13.7 Å². The molecule has 1 aromatic carbocycles. The van der Waals surface area contributed by atoms with Gasteiger partial charge in [-0.1, -0.05) is 26.2 Å². The minimum Gasteiger partial charge on any atom is -0.493 e. The summed E-state index contributed by atoms with van der Waals surface area (Å²) in [6, 6.07) is 5.32. The Hall–Kier alpha value is -2.24. The number of hydrogen-bond donors (Lipinski definition) is 0. The number of unbranched alkanes of at least 4 members (excludes halogenated alkanes) is 3. The molecule has 0 N–H and O–H groups in total.